The van der Waals surface area contributed by atoms with Gasteiger partial charge in [-0.3, -0.25) is 14.7 Å². The highest BCUT2D eigenvalue weighted by Crippen LogP contribution is 2.20. The maximum atomic E-state index is 12.1. The van der Waals surface area contributed by atoms with Crippen LogP contribution in [0.15, 0.2) is 59.7 Å². The first-order valence-corrected chi connectivity index (χ1v) is 9.11. The number of rotatable bonds is 4. The summed E-state index contributed by atoms with van der Waals surface area (Å²) in [6, 6.07) is 13.6. The average molecular weight is 346 g/mol. The SMILES string of the molecule is O=c1cc(-c2ccncc2)nc(-c2ccc(CN3CCCCC3)cc2)[nH]1. The number of H-pyrrole nitrogens is 1. The van der Waals surface area contributed by atoms with Crippen LogP contribution in [0, 0.1) is 0 Å². The minimum Gasteiger partial charge on any atom is -0.306 e. The van der Waals surface area contributed by atoms with E-state index in [1.165, 1.54) is 44.0 Å². The minimum atomic E-state index is -0.154. The summed E-state index contributed by atoms with van der Waals surface area (Å²) in [5, 5.41) is 0. The van der Waals surface area contributed by atoms with Gasteiger partial charge < -0.3 is 4.98 Å². The Morgan fingerprint density at radius 2 is 1.65 bits per heavy atom. The van der Waals surface area contributed by atoms with Crippen LogP contribution >= 0.6 is 0 Å². The van der Waals surface area contributed by atoms with E-state index in [1.807, 2.05) is 24.3 Å². The van der Waals surface area contributed by atoms with Crippen molar-refractivity contribution in [3.63, 3.8) is 0 Å². The van der Waals surface area contributed by atoms with E-state index in [-0.39, 0.29) is 5.56 Å². The number of hydrogen-bond donors (Lipinski definition) is 1. The topological polar surface area (TPSA) is 61.9 Å². The molecular weight excluding hydrogens is 324 g/mol. The fourth-order valence-electron chi connectivity index (χ4n) is 3.41. The number of pyridine rings is 1. The molecule has 1 fully saturated rings. The maximum Gasteiger partial charge on any atom is 0.251 e. The molecule has 1 aliphatic heterocycles. The highest BCUT2D eigenvalue weighted by atomic mass is 16.1. The van der Waals surface area contributed by atoms with Crippen molar-refractivity contribution in [1.29, 1.82) is 0 Å². The van der Waals surface area contributed by atoms with Gasteiger partial charge in [0.05, 0.1) is 5.69 Å². The Labute approximate surface area is 152 Å². The first kappa shape index (κ1) is 16.7. The lowest BCUT2D eigenvalue weighted by Gasteiger charge is -2.26. The van der Waals surface area contributed by atoms with Crippen molar-refractivity contribution >= 4 is 0 Å². The Bertz CT molecular complexity index is 913. The predicted octanol–water partition coefficient (Wildman–Crippen LogP) is 3.48. The van der Waals surface area contributed by atoms with Crippen molar-refractivity contribution in [3.05, 3.63) is 70.8 Å². The Hall–Kier alpha value is -2.79. The fraction of sp³-hybridized carbons (Fsp3) is 0.286. The van der Waals surface area contributed by atoms with E-state index in [2.05, 4.69) is 32.0 Å². The molecule has 0 atom stereocenters. The fourth-order valence-corrected chi connectivity index (χ4v) is 3.41. The number of piperidine rings is 1. The third-order valence-electron chi connectivity index (χ3n) is 4.80. The molecule has 4 rings (SSSR count). The van der Waals surface area contributed by atoms with Gasteiger partial charge in [0, 0.05) is 36.1 Å². The summed E-state index contributed by atoms with van der Waals surface area (Å²) in [6.07, 6.45) is 7.35. The number of nitrogens with zero attached hydrogens (tertiary/aromatic N) is 3. The first-order valence-electron chi connectivity index (χ1n) is 9.11. The molecule has 5 heteroatoms. The summed E-state index contributed by atoms with van der Waals surface area (Å²) in [5.41, 5.74) is 3.60. The molecule has 26 heavy (non-hydrogen) atoms. The third kappa shape index (κ3) is 3.89. The summed E-state index contributed by atoms with van der Waals surface area (Å²) in [5.74, 6) is 0.592. The van der Waals surface area contributed by atoms with E-state index in [4.69, 9.17) is 0 Å². The van der Waals surface area contributed by atoms with E-state index < -0.39 is 0 Å². The molecule has 1 saturated heterocycles. The van der Waals surface area contributed by atoms with Crippen LogP contribution in [-0.4, -0.2) is 32.9 Å². The lowest BCUT2D eigenvalue weighted by Crippen LogP contribution is -2.29. The number of aromatic amines is 1. The van der Waals surface area contributed by atoms with E-state index in [9.17, 15) is 4.79 Å². The van der Waals surface area contributed by atoms with Crippen molar-refractivity contribution < 1.29 is 0 Å². The molecule has 2 aromatic heterocycles. The van der Waals surface area contributed by atoms with Crippen LogP contribution in [0.1, 0.15) is 24.8 Å². The zero-order valence-electron chi connectivity index (χ0n) is 14.7. The van der Waals surface area contributed by atoms with Crippen LogP contribution in [0.3, 0.4) is 0 Å². The Kier molecular flexibility index (Phi) is 4.88. The van der Waals surface area contributed by atoms with E-state index in [0.717, 1.165) is 17.7 Å². The number of benzene rings is 1. The quantitative estimate of drug-likeness (QED) is 0.785. The van der Waals surface area contributed by atoms with Crippen molar-refractivity contribution in [2.24, 2.45) is 0 Å². The minimum absolute atomic E-state index is 0.154. The van der Waals surface area contributed by atoms with E-state index >= 15 is 0 Å². The standard InChI is InChI=1S/C21H22N4O/c26-20-14-19(17-8-10-22-11-9-17)23-21(24-20)18-6-4-16(5-7-18)15-25-12-2-1-3-13-25/h4-11,14H,1-3,12-13,15H2,(H,23,24,26). The second-order valence-electron chi connectivity index (χ2n) is 6.75. The molecule has 1 aromatic carbocycles. The number of aromatic nitrogens is 3. The van der Waals surface area contributed by atoms with Crippen LogP contribution in [0.25, 0.3) is 22.6 Å². The van der Waals surface area contributed by atoms with Gasteiger partial charge in [-0.1, -0.05) is 30.7 Å². The van der Waals surface area contributed by atoms with Crippen LogP contribution < -0.4 is 5.56 Å². The van der Waals surface area contributed by atoms with Gasteiger partial charge in [0.2, 0.25) is 0 Å². The van der Waals surface area contributed by atoms with Crippen molar-refractivity contribution in [2.45, 2.75) is 25.8 Å². The summed E-state index contributed by atoms with van der Waals surface area (Å²) in [6.45, 7) is 3.36. The van der Waals surface area contributed by atoms with E-state index in [1.54, 1.807) is 12.4 Å². The van der Waals surface area contributed by atoms with Crippen LogP contribution in [-0.2, 0) is 6.54 Å². The van der Waals surface area contributed by atoms with Crippen molar-refractivity contribution in [2.75, 3.05) is 13.1 Å². The van der Waals surface area contributed by atoms with Crippen molar-refractivity contribution in [3.8, 4) is 22.6 Å². The monoisotopic (exact) mass is 346 g/mol. The molecule has 0 saturated carbocycles. The lowest BCUT2D eigenvalue weighted by molar-refractivity contribution is 0.221. The van der Waals surface area contributed by atoms with E-state index in [0.29, 0.717) is 11.5 Å². The lowest BCUT2D eigenvalue weighted by atomic mass is 10.1. The van der Waals surface area contributed by atoms with Crippen LogP contribution in [0.4, 0.5) is 0 Å². The number of likely N-dealkylation sites (tertiary alicyclic amines) is 1. The molecule has 132 valence electrons. The smallest absolute Gasteiger partial charge is 0.251 e. The molecule has 0 radical (unpaired) electrons. The highest BCUT2D eigenvalue weighted by molar-refractivity contribution is 5.63. The Morgan fingerprint density at radius 3 is 2.38 bits per heavy atom. The predicted molar refractivity (Wildman–Crippen MR) is 103 cm³/mol. The molecule has 0 amide bonds. The molecule has 0 unspecified atom stereocenters. The Balaban J connectivity index is 1.57. The molecule has 3 heterocycles. The van der Waals surface area contributed by atoms with Gasteiger partial charge in [0.25, 0.3) is 5.56 Å². The van der Waals surface area contributed by atoms with Gasteiger partial charge in [-0.15, -0.1) is 0 Å². The second kappa shape index (κ2) is 7.62. The van der Waals surface area contributed by atoms with Gasteiger partial charge in [-0.05, 0) is 43.6 Å². The van der Waals surface area contributed by atoms with Gasteiger partial charge in [-0.2, -0.15) is 0 Å². The summed E-state index contributed by atoms with van der Waals surface area (Å²) >= 11 is 0. The normalized spacial score (nSPS) is 15.1. The van der Waals surface area contributed by atoms with Crippen LogP contribution in [0.5, 0.6) is 0 Å². The third-order valence-corrected chi connectivity index (χ3v) is 4.80. The number of nitrogens with one attached hydrogen (secondary N) is 1. The number of hydrogen-bond acceptors (Lipinski definition) is 4. The molecular formula is C21H22N4O. The molecule has 1 N–H and O–H groups in total. The highest BCUT2D eigenvalue weighted by Gasteiger charge is 2.11. The molecule has 3 aromatic rings. The van der Waals surface area contributed by atoms with Crippen molar-refractivity contribution in [1.82, 2.24) is 19.9 Å². The van der Waals surface area contributed by atoms with Gasteiger partial charge in [-0.25, -0.2) is 4.98 Å². The molecule has 0 bridgehead atoms. The zero-order valence-corrected chi connectivity index (χ0v) is 14.7. The largest absolute Gasteiger partial charge is 0.306 e. The van der Waals surface area contributed by atoms with Gasteiger partial charge in [0.1, 0.15) is 5.82 Å². The van der Waals surface area contributed by atoms with Crippen LogP contribution in [0.2, 0.25) is 0 Å². The zero-order chi connectivity index (χ0) is 17.8. The molecule has 0 aliphatic carbocycles. The van der Waals surface area contributed by atoms with Gasteiger partial charge in [0.15, 0.2) is 0 Å². The average Bonchev–Trinajstić information content (AvgIpc) is 2.70. The Morgan fingerprint density at radius 1 is 0.923 bits per heavy atom. The molecule has 5 nitrogen and oxygen atoms in total. The second-order valence-corrected chi connectivity index (χ2v) is 6.75. The molecule has 1 aliphatic rings. The summed E-state index contributed by atoms with van der Waals surface area (Å²) in [4.78, 5) is 26.1. The first-order chi connectivity index (χ1) is 12.8. The summed E-state index contributed by atoms with van der Waals surface area (Å²) in [7, 11) is 0. The van der Waals surface area contributed by atoms with Gasteiger partial charge >= 0.3 is 0 Å². The maximum absolute atomic E-state index is 12.1. The summed E-state index contributed by atoms with van der Waals surface area (Å²) < 4.78 is 0. The molecule has 0 spiro atoms.